The first-order chi connectivity index (χ1) is 14.1. The number of halogens is 1. The van der Waals surface area contributed by atoms with Crippen molar-refractivity contribution in [2.24, 2.45) is 0 Å². The second kappa shape index (κ2) is 8.69. The molecule has 0 heterocycles. The Hall–Kier alpha value is -1.90. The fraction of sp³-hybridized carbons (Fsp3) is 0.250. The van der Waals surface area contributed by atoms with Gasteiger partial charge in [-0.25, -0.2) is 0 Å². The van der Waals surface area contributed by atoms with Crippen molar-refractivity contribution in [1.29, 1.82) is 0 Å². The molecule has 6 heteroatoms. The molecule has 3 aromatic carbocycles. The molecular weight excluding hydrogens is 509 g/mol. The van der Waals surface area contributed by atoms with Crippen LogP contribution in [-0.2, 0) is 14.9 Å². The monoisotopic (exact) mass is 535 g/mol. The van der Waals surface area contributed by atoms with Crippen LogP contribution in [0.15, 0.2) is 53.4 Å². The summed E-state index contributed by atoms with van der Waals surface area (Å²) < 4.78 is 29.1. The van der Waals surface area contributed by atoms with Crippen molar-refractivity contribution in [3.8, 4) is 11.1 Å². The Morgan fingerprint density at radius 1 is 0.767 bits per heavy atom. The van der Waals surface area contributed by atoms with Crippen molar-refractivity contribution in [3.63, 3.8) is 0 Å². The minimum absolute atomic E-state index is 0.190. The molecule has 0 saturated heterocycles. The van der Waals surface area contributed by atoms with E-state index in [1.807, 2.05) is 32.9 Å². The molecule has 0 bridgehead atoms. The van der Waals surface area contributed by atoms with E-state index in [2.05, 4.69) is 48.6 Å². The van der Waals surface area contributed by atoms with Gasteiger partial charge in [0.1, 0.15) is 0 Å². The Labute approximate surface area is 193 Å². The molecule has 0 amide bonds. The third-order valence-electron chi connectivity index (χ3n) is 5.55. The Morgan fingerprint density at radius 3 is 1.87 bits per heavy atom. The van der Waals surface area contributed by atoms with E-state index >= 15 is 0 Å². The Kier molecular flexibility index (Phi) is 6.60. The van der Waals surface area contributed by atoms with Crippen molar-refractivity contribution in [2.75, 3.05) is 11.6 Å². The highest BCUT2D eigenvalue weighted by Crippen LogP contribution is 2.42. The second-order valence-electron chi connectivity index (χ2n) is 7.49. The summed E-state index contributed by atoms with van der Waals surface area (Å²) in [7, 11) is -2.52. The maximum absolute atomic E-state index is 13.5. The first-order valence-corrected chi connectivity index (χ1v) is 12.1. The zero-order valence-electron chi connectivity index (χ0n) is 18.1. The highest BCUT2D eigenvalue weighted by Gasteiger charge is 2.29. The summed E-state index contributed by atoms with van der Waals surface area (Å²) in [6.45, 7) is 10.1. The maximum Gasteiger partial charge on any atom is 0.286 e. The van der Waals surface area contributed by atoms with Crippen molar-refractivity contribution in [1.82, 2.24) is 0 Å². The topological polar surface area (TPSA) is 46.6 Å². The molecule has 0 aliphatic carbocycles. The lowest BCUT2D eigenvalue weighted by atomic mass is 9.91. The molecule has 3 aromatic rings. The average molecular weight is 535 g/mol. The van der Waals surface area contributed by atoms with Crippen molar-refractivity contribution in [2.45, 2.75) is 39.5 Å². The van der Waals surface area contributed by atoms with Gasteiger partial charge < -0.3 is 0 Å². The molecular formula is C24H26INO3S. The number of rotatable bonds is 5. The summed E-state index contributed by atoms with van der Waals surface area (Å²) in [5, 5.41) is 0. The summed E-state index contributed by atoms with van der Waals surface area (Å²) in [5.41, 5.74) is 7.81. The van der Waals surface area contributed by atoms with E-state index < -0.39 is 10.0 Å². The van der Waals surface area contributed by atoms with Gasteiger partial charge in [-0.05, 0) is 104 Å². The van der Waals surface area contributed by atoms with Gasteiger partial charge in [0.2, 0.25) is 0 Å². The molecule has 0 aliphatic heterocycles. The van der Waals surface area contributed by atoms with Crippen LogP contribution in [0.4, 0.5) is 5.69 Å². The van der Waals surface area contributed by atoms with Crippen LogP contribution in [0.25, 0.3) is 11.1 Å². The largest absolute Gasteiger partial charge is 0.286 e. The Morgan fingerprint density at radius 2 is 1.30 bits per heavy atom. The van der Waals surface area contributed by atoms with Gasteiger partial charge in [0.25, 0.3) is 10.0 Å². The number of hydrogen-bond acceptors (Lipinski definition) is 3. The Bertz CT molecular complexity index is 1200. The molecule has 158 valence electrons. The molecule has 3 rings (SSSR count). The van der Waals surface area contributed by atoms with Gasteiger partial charge in [-0.1, -0.05) is 29.8 Å². The van der Waals surface area contributed by atoms with Crippen molar-refractivity contribution >= 4 is 38.3 Å². The third-order valence-corrected chi connectivity index (χ3v) is 8.10. The van der Waals surface area contributed by atoms with Gasteiger partial charge in [-0.15, -0.1) is 4.47 Å². The predicted octanol–water partition coefficient (Wildman–Crippen LogP) is 6.26. The zero-order chi connectivity index (χ0) is 22.2. The number of aryl methyl sites for hydroxylation is 3. The van der Waals surface area contributed by atoms with Gasteiger partial charge >= 0.3 is 0 Å². The summed E-state index contributed by atoms with van der Waals surface area (Å²) in [6.07, 6.45) is 0. The van der Waals surface area contributed by atoms with Gasteiger partial charge in [0, 0.05) is 14.7 Å². The maximum atomic E-state index is 13.5. The van der Waals surface area contributed by atoms with Gasteiger partial charge in [0.15, 0.2) is 0 Å². The molecule has 0 radical (unpaired) electrons. The number of anilines is 1. The second-order valence-corrected chi connectivity index (χ2v) is 10.4. The molecule has 0 N–H and O–H groups in total. The fourth-order valence-corrected chi connectivity index (χ4v) is 5.62. The highest BCUT2D eigenvalue weighted by molar-refractivity contribution is 14.1. The smallest absolute Gasteiger partial charge is 0.262 e. The van der Waals surface area contributed by atoms with E-state index in [0.717, 1.165) is 47.0 Å². The van der Waals surface area contributed by atoms with Crippen LogP contribution in [-0.4, -0.2) is 15.5 Å². The summed E-state index contributed by atoms with van der Waals surface area (Å²) >= 11 is 2.31. The van der Waals surface area contributed by atoms with E-state index in [1.54, 1.807) is 24.3 Å². The lowest BCUT2D eigenvalue weighted by molar-refractivity contribution is 0.216. The number of hydrogen-bond donors (Lipinski definition) is 0. The van der Waals surface area contributed by atoms with Crippen LogP contribution in [0, 0.1) is 38.2 Å². The minimum atomic E-state index is -3.91. The predicted molar refractivity (Wildman–Crippen MR) is 131 cm³/mol. The first-order valence-electron chi connectivity index (χ1n) is 9.62. The molecule has 0 aliphatic rings. The summed E-state index contributed by atoms with van der Waals surface area (Å²) in [5.74, 6) is 0. The summed E-state index contributed by atoms with van der Waals surface area (Å²) in [6, 6.07) is 14.7. The lowest BCUT2D eigenvalue weighted by Gasteiger charge is -2.27. The average Bonchev–Trinajstić information content (AvgIpc) is 2.70. The highest BCUT2D eigenvalue weighted by atomic mass is 127. The number of benzene rings is 3. The van der Waals surface area contributed by atoms with Crippen molar-refractivity contribution in [3.05, 3.63) is 79.9 Å². The zero-order valence-corrected chi connectivity index (χ0v) is 21.1. The molecule has 0 aromatic heterocycles. The van der Waals surface area contributed by atoms with Crippen LogP contribution >= 0.6 is 22.6 Å². The van der Waals surface area contributed by atoms with Gasteiger partial charge in [0.05, 0.1) is 17.7 Å². The van der Waals surface area contributed by atoms with Gasteiger partial charge in [-0.2, -0.15) is 8.42 Å². The molecule has 0 unspecified atom stereocenters. The van der Waals surface area contributed by atoms with Crippen LogP contribution in [0.3, 0.4) is 0 Å². The molecule has 0 atom stereocenters. The van der Waals surface area contributed by atoms with Crippen molar-refractivity contribution < 1.29 is 13.3 Å². The molecule has 0 saturated carbocycles. The SMILES string of the molecule is CON(c1ccc(C)c(C)c1-c1c(I)ccc(C)c1C)S(=O)(=O)c1ccc(C)cc1. The van der Waals surface area contributed by atoms with Crippen LogP contribution in [0.5, 0.6) is 0 Å². The molecule has 4 nitrogen and oxygen atoms in total. The molecule has 30 heavy (non-hydrogen) atoms. The van der Waals surface area contributed by atoms with E-state index in [1.165, 1.54) is 7.11 Å². The van der Waals surface area contributed by atoms with Gasteiger partial charge in [-0.3, -0.25) is 4.84 Å². The molecule has 0 spiro atoms. The van der Waals surface area contributed by atoms with E-state index in [9.17, 15) is 8.42 Å². The summed E-state index contributed by atoms with van der Waals surface area (Å²) in [4.78, 5) is 5.69. The van der Waals surface area contributed by atoms with Crippen LogP contribution in [0.1, 0.15) is 27.8 Å². The third kappa shape index (κ3) is 4.00. The number of sulfonamides is 1. The molecule has 0 fully saturated rings. The normalized spacial score (nSPS) is 11.6. The first kappa shape index (κ1) is 22.8. The van der Waals surface area contributed by atoms with E-state index in [0.29, 0.717) is 5.69 Å². The standard InChI is InChI=1S/C24H26INO3S/c1-15-7-11-20(12-8-15)30(27,28)26(29-6)22-14-10-17(3)19(5)24(22)23-18(4)16(2)9-13-21(23)25/h7-14H,1-6H3. The fourth-order valence-electron chi connectivity index (χ4n) is 3.49. The lowest BCUT2D eigenvalue weighted by Crippen LogP contribution is -2.30. The van der Waals surface area contributed by atoms with Crippen LogP contribution < -0.4 is 4.47 Å². The quantitative estimate of drug-likeness (QED) is 0.286. The van der Waals surface area contributed by atoms with E-state index in [-0.39, 0.29) is 4.90 Å². The minimum Gasteiger partial charge on any atom is -0.262 e. The Balaban J connectivity index is 2.33. The van der Waals surface area contributed by atoms with Crippen LogP contribution in [0.2, 0.25) is 0 Å². The van der Waals surface area contributed by atoms with E-state index in [4.69, 9.17) is 4.84 Å². The number of nitrogens with zero attached hydrogens (tertiary/aromatic N) is 1.